The number of benzene rings is 6. The summed E-state index contributed by atoms with van der Waals surface area (Å²) < 4.78 is 9.46. The van der Waals surface area contributed by atoms with E-state index in [4.69, 9.17) is 14.7 Å². The van der Waals surface area contributed by atoms with Gasteiger partial charge in [-0.15, -0.1) is 11.3 Å². The van der Waals surface area contributed by atoms with Gasteiger partial charge in [-0.1, -0.05) is 140 Å². The van der Waals surface area contributed by atoms with E-state index in [0.29, 0.717) is 5.82 Å². The SMILES string of the molecule is C=CC1=C(/C=C\C)c2c(ccc3sc4ccccc4c23)C12c1ccccc1Oc1cc(-c3cc(-c4ccccc4)nc(-c4ccccc4)n3)ccc12. The molecule has 1 unspecified atom stereocenters. The molecule has 3 heterocycles. The van der Waals surface area contributed by atoms with Crippen molar-refractivity contribution in [3.63, 3.8) is 0 Å². The molecule has 0 N–H and O–H groups in total. The van der Waals surface area contributed by atoms with Crippen molar-refractivity contribution in [1.82, 2.24) is 9.97 Å². The molecule has 0 fully saturated rings. The standard InChI is InChI=1S/C48H32N2OS/c1-3-15-33-35(4-2)48(38-26-27-44-46(45(33)38)34-20-11-14-23-43(34)52-44)36-21-12-13-22-41(36)51-42-28-32(24-25-37(42)48)40-29-39(30-16-7-5-8-17-30)49-47(50-40)31-18-9-6-10-19-31/h3-29H,2H2,1H3/b15-3-. The lowest BCUT2D eigenvalue weighted by molar-refractivity contribution is 0.436. The topological polar surface area (TPSA) is 35.0 Å². The van der Waals surface area contributed by atoms with Gasteiger partial charge in [0.15, 0.2) is 5.82 Å². The first-order valence-corrected chi connectivity index (χ1v) is 18.4. The Balaban J connectivity index is 1.25. The number of rotatable bonds is 5. The van der Waals surface area contributed by atoms with Crippen LogP contribution < -0.4 is 4.74 Å². The Morgan fingerprint density at radius 3 is 2.08 bits per heavy atom. The molecule has 0 bridgehead atoms. The normalized spacial score (nSPS) is 15.9. The van der Waals surface area contributed by atoms with E-state index >= 15 is 0 Å². The predicted molar refractivity (Wildman–Crippen MR) is 216 cm³/mol. The zero-order valence-electron chi connectivity index (χ0n) is 28.5. The molecule has 1 atom stereocenters. The van der Waals surface area contributed by atoms with E-state index in [-0.39, 0.29) is 0 Å². The van der Waals surface area contributed by atoms with Crippen LogP contribution in [0.4, 0.5) is 0 Å². The number of thiophene rings is 1. The van der Waals surface area contributed by atoms with Crippen LogP contribution in [0.15, 0.2) is 176 Å². The van der Waals surface area contributed by atoms with Gasteiger partial charge in [0.2, 0.25) is 0 Å². The van der Waals surface area contributed by atoms with E-state index in [1.165, 1.54) is 36.9 Å². The zero-order chi connectivity index (χ0) is 34.8. The van der Waals surface area contributed by atoms with Gasteiger partial charge in [0.25, 0.3) is 0 Å². The van der Waals surface area contributed by atoms with Gasteiger partial charge in [0.1, 0.15) is 11.5 Å². The Morgan fingerprint density at radius 1 is 0.615 bits per heavy atom. The van der Waals surface area contributed by atoms with Crippen LogP contribution in [0.3, 0.4) is 0 Å². The number of fused-ring (bicyclic) bond motifs is 10. The minimum Gasteiger partial charge on any atom is -0.457 e. The maximum Gasteiger partial charge on any atom is 0.160 e. The summed E-state index contributed by atoms with van der Waals surface area (Å²) in [5, 5.41) is 2.58. The highest BCUT2D eigenvalue weighted by Gasteiger charge is 2.52. The Bertz CT molecular complexity index is 2740. The third-order valence-corrected chi connectivity index (χ3v) is 11.6. The Labute approximate surface area is 306 Å². The van der Waals surface area contributed by atoms with Crippen LogP contribution in [0.1, 0.15) is 29.2 Å². The molecule has 1 aliphatic heterocycles. The van der Waals surface area contributed by atoms with Crippen LogP contribution in [0.5, 0.6) is 11.5 Å². The fraction of sp³-hybridized carbons (Fsp3) is 0.0417. The molecule has 0 amide bonds. The first-order chi connectivity index (χ1) is 25.7. The van der Waals surface area contributed by atoms with Crippen molar-refractivity contribution in [1.29, 1.82) is 0 Å². The number of ether oxygens (including phenoxy) is 1. The zero-order valence-corrected chi connectivity index (χ0v) is 29.3. The van der Waals surface area contributed by atoms with E-state index in [0.717, 1.165) is 56.3 Å². The molecule has 10 rings (SSSR count). The lowest BCUT2D eigenvalue weighted by atomic mass is 9.65. The van der Waals surface area contributed by atoms with Crippen molar-refractivity contribution >= 4 is 37.1 Å². The molecule has 3 nitrogen and oxygen atoms in total. The van der Waals surface area contributed by atoms with Crippen LogP contribution in [0, 0.1) is 0 Å². The van der Waals surface area contributed by atoms with E-state index in [2.05, 4.69) is 141 Å². The molecule has 8 aromatic rings. The third kappa shape index (κ3) is 4.38. The second kappa shape index (κ2) is 11.9. The highest BCUT2D eigenvalue weighted by atomic mass is 32.1. The molecule has 246 valence electrons. The largest absolute Gasteiger partial charge is 0.457 e. The fourth-order valence-electron chi connectivity index (χ4n) is 8.35. The van der Waals surface area contributed by atoms with Gasteiger partial charge < -0.3 is 4.74 Å². The van der Waals surface area contributed by atoms with Crippen LogP contribution in [0.2, 0.25) is 0 Å². The molecule has 0 radical (unpaired) electrons. The summed E-state index contributed by atoms with van der Waals surface area (Å²) in [4.78, 5) is 10.2. The van der Waals surface area contributed by atoms with Crippen molar-refractivity contribution in [2.45, 2.75) is 12.3 Å². The fourth-order valence-corrected chi connectivity index (χ4v) is 9.46. The van der Waals surface area contributed by atoms with Crippen molar-refractivity contribution in [2.24, 2.45) is 0 Å². The summed E-state index contributed by atoms with van der Waals surface area (Å²) in [6.45, 7) is 6.57. The summed E-state index contributed by atoms with van der Waals surface area (Å²) in [6.07, 6.45) is 6.48. The average molecular weight is 685 g/mol. The van der Waals surface area contributed by atoms with Crippen molar-refractivity contribution in [2.75, 3.05) is 0 Å². The van der Waals surface area contributed by atoms with Crippen LogP contribution in [0.25, 0.3) is 59.6 Å². The summed E-state index contributed by atoms with van der Waals surface area (Å²) in [5.41, 5.74) is 11.1. The number of nitrogens with zero attached hydrogens (tertiary/aromatic N) is 2. The molecule has 1 spiro atoms. The van der Waals surface area contributed by atoms with E-state index in [1.54, 1.807) is 0 Å². The van der Waals surface area contributed by atoms with Gasteiger partial charge in [-0.05, 0) is 59.5 Å². The summed E-state index contributed by atoms with van der Waals surface area (Å²) >= 11 is 1.85. The molecule has 1 aliphatic carbocycles. The molecule has 6 aromatic carbocycles. The number of aromatic nitrogens is 2. The first kappa shape index (κ1) is 30.5. The van der Waals surface area contributed by atoms with Gasteiger partial charge in [-0.2, -0.15) is 0 Å². The summed E-state index contributed by atoms with van der Waals surface area (Å²) in [5.74, 6) is 2.33. The quantitative estimate of drug-likeness (QED) is 0.181. The minimum atomic E-state index is -0.637. The molecule has 2 aromatic heterocycles. The maximum absolute atomic E-state index is 6.89. The molecule has 0 saturated carbocycles. The molecule has 4 heteroatoms. The van der Waals surface area contributed by atoms with E-state index in [1.807, 2.05) is 47.7 Å². The summed E-state index contributed by atoms with van der Waals surface area (Å²) in [6, 6.07) is 51.0. The number of hydrogen-bond acceptors (Lipinski definition) is 4. The maximum atomic E-state index is 6.89. The average Bonchev–Trinajstić information content (AvgIpc) is 3.72. The van der Waals surface area contributed by atoms with Crippen molar-refractivity contribution in [3.05, 3.63) is 198 Å². The van der Waals surface area contributed by atoms with Crippen molar-refractivity contribution < 1.29 is 4.74 Å². The predicted octanol–water partition coefficient (Wildman–Crippen LogP) is 12.8. The van der Waals surface area contributed by atoms with Crippen molar-refractivity contribution in [3.8, 4) is 45.4 Å². The highest BCUT2D eigenvalue weighted by Crippen LogP contribution is 2.63. The van der Waals surface area contributed by atoms with Gasteiger partial charge in [0.05, 0.1) is 16.8 Å². The van der Waals surface area contributed by atoms with E-state index < -0.39 is 5.41 Å². The molecule has 2 aliphatic rings. The Kier molecular flexibility index (Phi) is 6.95. The van der Waals surface area contributed by atoms with Gasteiger partial charge in [0, 0.05) is 48.0 Å². The molecular formula is C48H32N2OS. The van der Waals surface area contributed by atoms with Gasteiger partial charge in [-0.25, -0.2) is 9.97 Å². The van der Waals surface area contributed by atoms with Crippen LogP contribution in [-0.2, 0) is 5.41 Å². The highest BCUT2D eigenvalue weighted by molar-refractivity contribution is 7.25. The van der Waals surface area contributed by atoms with E-state index in [9.17, 15) is 0 Å². The van der Waals surface area contributed by atoms with Gasteiger partial charge in [-0.3, -0.25) is 0 Å². The molecule has 0 saturated heterocycles. The third-order valence-electron chi connectivity index (χ3n) is 10.5. The Morgan fingerprint density at radius 2 is 1.29 bits per heavy atom. The van der Waals surface area contributed by atoms with Crippen LogP contribution in [-0.4, -0.2) is 9.97 Å². The number of para-hydroxylation sites is 1. The lowest BCUT2D eigenvalue weighted by Gasteiger charge is -2.40. The second-order valence-electron chi connectivity index (χ2n) is 13.2. The summed E-state index contributed by atoms with van der Waals surface area (Å²) in [7, 11) is 0. The number of hydrogen-bond donors (Lipinski definition) is 0. The minimum absolute atomic E-state index is 0.637. The molecular weight excluding hydrogens is 653 g/mol. The smallest absolute Gasteiger partial charge is 0.160 e. The Hall–Kier alpha value is -6.36. The van der Waals surface area contributed by atoms with Crippen LogP contribution >= 0.6 is 11.3 Å². The molecule has 52 heavy (non-hydrogen) atoms. The first-order valence-electron chi connectivity index (χ1n) is 17.6. The van der Waals surface area contributed by atoms with Gasteiger partial charge >= 0.3 is 0 Å². The second-order valence-corrected chi connectivity index (χ2v) is 14.3. The lowest BCUT2D eigenvalue weighted by Crippen LogP contribution is -2.32. The monoisotopic (exact) mass is 684 g/mol. The number of allylic oxidation sites excluding steroid dienone is 5.